The highest BCUT2D eigenvalue weighted by molar-refractivity contribution is 5.91. The molecule has 0 N–H and O–H groups in total. The Morgan fingerprint density at radius 2 is 1.10 bits per heavy atom. The molecule has 0 fully saturated rings. The first-order valence-corrected chi connectivity index (χ1v) is 16.9. The first kappa shape index (κ1) is 38.1. The molecular weight excluding hydrogens is 651 g/mol. The van der Waals surface area contributed by atoms with Gasteiger partial charge in [0.25, 0.3) is 0 Å². The van der Waals surface area contributed by atoms with Crippen molar-refractivity contribution in [2.45, 2.75) is 45.4 Å². The normalized spacial score (nSPS) is 10.5. The van der Waals surface area contributed by atoms with Gasteiger partial charge in [-0.3, -0.25) is 0 Å². The van der Waals surface area contributed by atoms with Crippen molar-refractivity contribution >= 4 is 17.9 Å². The van der Waals surface area contributed by atoms with Crippen LogP contribution in [0.3, 0.4) is 0 Å². The largest absolute Gasteiger partial charge is 0.494 e. The van der Waals surface area contributed by atoms with Crippen molar-refractivity contribution in [1.82, 2.24) is 0 Å². The molecule has 0 aliphatic carbocycles. The molecule has 4 aromatic rings. The SMILES string of the molecule is C=CC(=O)OCCCCCCOc1ccc(C(=O)Oc2ccc(-c3ccc(-c4ccc(OCCCCOC(=O)C(=C)F)cc4)cc3)cc2C)cc1. The molecule has 0 radical (unpaired) electrons. The number of rotatable bonds is 20. The Balaban J connectivity index is 1.20. The van der Waals surface area contributed by atoms with Crippen LogP contribution >= 0.6 is 0 Å². The molecule has 51 heavy (non-hydrogen) atoms. The molecule has 0 aliphatic rings. The number of unbranched alkanes of at least 4 members (excludes halogenated alkanes) is 4. The second-order valence-electron chi connectivity index (χ2n) is 11.7. The molecule has 0 atom stereocenters. The van der Waals surface area contributed by atoms with Crippen molar-refractivity contribution in [1.29, 1.82) is 0 Å². The van der Waals surface area contributed by atoms with Crippen LogP contribution < -0.4 is 14.2 Å². The van der Waals surface area contributed by atoms with Crippen molar-refractivity contribution in [3.05, 3.63) is 127 Å². The molecule has 0 saturated carbocycles. The Morgan fingerprint density at radius 3 is 1.67 bits per heavy atom. The summed E-state index contributed by atoms with van der Waals surface area (Å²) in [5.74, 6) is -1.06. The fourth-order valence-electron chi connectivity index (χ4n) is 5.00. The lowest BCUT2D eigenvalue weighted by atomic mass is 9.99. The molecule has 0 spiro atoms. The summed E-state index contributed by atoms with van der Waals surface area (Å²) < 4.78 is 39.6. The van der Waals surface area contributed by atoms with E-state index in [1.54, 1.807) is 24.3 Å². The molecule has 0 bridgehead atoms. The van der Waals surface area contributed by atoms with Crippen LogP contribution in [0.4, 0.5) is 4.39 Å². The summed E-state index contributed by atoms with van der Waals surface area (Å²) in [4.78, 5) is 34.9. The van der Waals surface area contributed by atoms with Gasteiger partial charge >= 0.3 is 17.9 Å². The Labute approximate surface area is 298 Å². The lowest BCUT2D eigenvalue weighted by Crippen LogP contribution is -2.09. The molecule has 0 amide bonds. The molecule has 0 heterocycles. The summed E-state index contributed by atoms with van der Waals surface area (Å²) in [6, 6.07) is 28.7. The van der Waals surface area contributed by atoms with E-state index in [-0.39, 0.29) is 6.61 Å². The number of benzene rings is 4. The third-order valence-corrected chi connectivity index (χ3v) is 7.85. The van der Waals surface area contributed by atoms with E-state index in [2.05, 4.69) is 37.4 Å². The van der Waals surface area contributed by atoms with Gasteiger partial charge in [0.1, 0.15) is 17.2 Å². The fourth-order valence-corrected chi connectivity index (χ4v) is 5.00. The van der Waals surface area contributed by atoms with Crippen LogP contribution in [0.1, 0.15) is 54.4 Å². The lowest BCUT2D eigenvalue weighted by Gasteiger charge is -2.11. The van der Waals surface area contributed by atoms with Crippen LogP contribution in [0, 0.1) is 6.92 Å². The van der Waals surface area contributed by atoms with E-state index in [0.29, 0.717) is 49.7 Å². The third-order valence-electron chi connectivity index (χ3n) is 7.85. The second kappa shape index (κ2) is 20.1. The number of hydrogen-bond acceptors (Lipinski definition) is 8. The number of hydrogen-bond donors (Lipinski definition) is 0. The maximum Gasteiger partial charge on any atom is 0.366 e. The molecule has 0 aromatic heterocycles. The Bertz CT molecular complexity index is 1760. The summed E-state index contributed by atoms with van der Waals surface area (Å²) in [5, 5.41) is 0. The van der Waals surface area contributed by atoms with Crippen LogP contribution in [0.25, 0.3) is 22.3 Å². The predicted molar refractivity (Wildman–Crippen MR) is 195 cm³/mol. The van der Waals surface area contributed by atoms with Crippen molar-refractivity contribution in [3.63, 3.8) is 0 Å². The number of carbonyl (C=O) groups excluding carboxylic acids is 3. The van der Waals surface area contributed by atoms with Crippen molar-refractivity contribution in [2.75, 3.05) is 26.4 Å². The predicted octanol–water partition coefficient (Wildman–Crippen LogP) is 9.40. The lowest BCUT2D eigenvalue weighted by molar-refractivity contribution is -0.141. The quantitative estimate of drug-likeness (QED) is 0.0391. The van der Waals surface area contributed by atoms with Gasteiger partial charge in [-0.2, -0.15) is 4.39 Å². The molecular formula is C42H43FO8. The Kier molecular flexibility index (Phi) is 15.0. The van der Waals surface area contributed by atoms with Gasteiger partial charge in [-0.15, -0.1) is 0 Å². The van der Waals surface area contributed by atoms with Crippen LogP contribution in [0.5, 0.6) is 17.2 Å². The number of aryl methyl sites for hydroxylation is 1. The van der Waals surface area contributed by atoms with Crippen LogP contribution in [-0.2, 0) is 19.1 Å². The van der Waals surface area contributed by atoms with Gasteiger partial charge < -0.3 is 23.7 Å². The van der Waals surface area contributed by atoms with Crippen molar-refractivity contribution < 1.29 is 42.5 Å². The maximum absolute atomic E-state index is 12.9. The summed E-state index contributed by atoms with van der Waals surface area (Å²) in [7, 11) is 0. The summed E-state index contributed by atoms with van der Waals surface area (Å²) in [6.45, 7) is 9.71. The standard InChI is InChI=1S/C42H43FO8/c1-4-40(44)49-27-8-6-5-7-25-47-38-22-17-35(18-23-38)42(46)51-39-24-19-36(29-30(39)2)34-13-11-32(12-14-34)33-15-20-37(21-16-33)48-26-9-10-28-50-41(45)31(3)43/h4,11-24,29H,1,3,5-10,25-28H2,2H3. The minimum absolute atomic E-state index is 0.119. The van der Waals surface area contributed by atoms with Gasteiger partial charge in [-0.25, -0.2) is 14.4 Å². The fraction of sp³-hybridized carbons (Fsp3) is 0.262. The Hall–Kier alpha value is -5.70. The first-order valence-electron chi connectivity index (χ1n) is 16.9. The van der Waals surface area contributed by atoms with Crippen molar-refractivity contribution in [3.8, 4) is 39.5 Å². The van der Waals surface area contributed by atoms with E-state index in [0.717, 1.165) is 65.3 Å². The molecule has 266 valence electrons. The topological polar surface area (TPSA) is 97.4 Å². The van der Waals surface area contributed by atoms with E-state index >= 15 is 0 Å². The number of carbonyl (C=O) groups is 3. The smallest absolute Gasteiger partial charge is 0.366 e. The summed E-state index contributed by atoms with van der Waals surface area (Å²) in [5.41, 5.74) is 5.41. The van der Waals surface area contributed by atoms with Gasteiger partial charge in [0.15, 0.2) is 0 Å². The van der Waals surface area contributed by atoms with E-state index in [9.17, 15) is 18.8 Å². The Morgan fingerprint density at radius 1 is 0.627 bits per heavy atom. The third kappa shape index (κ3) is 12.6. The van der Waals surface area contributed by atoms with Crippen LogP contribution in [-0.4, -0.2) is 44.3 Å². The highest BCUT2D eigenvalue weighted by atomic mass is 19.1. The monoisotopic (exact) mass is 694 g/mol. The van der Waals surface area contributed by atoms with E-state index in [4.69, 9.17) is 23.7 Å². The van der Waals surface area contributed by atoms with E-state index < -0.39 is 23.7 Å². The van der Waals surface area contributed by atoms with Crippen molar-refractivity contribution in [2.24, 2.45) is 0 Å². The zero-order valence-corrected chi connectivity index (χ0v) is 28.9. The molecule has 4 aromatic carbocycles. The molecule has 0 aliphatic heterocycles. The molecule has 8 nitrogen and oxygen atoms in total. The van der Waals surface area contributed by atoms with Gasteiger partial charge in [0, 0.05) is 6.08 Å². The molecule has 4 rings (SSSR count). The molecule has 9 heteroatoms. The first-order chi connectivity index (χ1) is 24.7. The highest BCUT2D eigenvalue weighted by Gasteiger charge is 2.12. The van der Waals surface area contributed by atoms with Gasteiger partial charge in [0.2, 0.25) is 5.83 Å². The minimum Gasteiger partial charge on any atom is -0.494 e. The maximum atomic E-state index is 12.9. The van der Waals surface area contributed by atoms with Crippen LogP contribution in [0.15, 0.2) is 116 Å². The van der Waals surface area contributed by atoms with E-state index in [1.807, 2.05) is 49.4 Å². The average Bonchev–Trinajstić information content (AvgIpc) is 3.15. The second-order valence-corrected chi connectivity index (χ2v) is 11.7. The van der Waals surface area contributed by atoms with Gasteiger partial charge in [0.05, 0.1) is 32.0 Å². The minimum atomic E-state index is -1.10. The zero-order valence-electron chi connectivity index (χ0n) is 28.9. The summed E-state index contributed by atoms with van der Waals surface area (Å²) >= 11 is 0. The average molecular weight is 695 g/mol. The highest BCUT2D eigenvalue weighted by Crippen LogP contribution is 2.30. The van der Waals surface area contributed by atoms with Crippen LogP contribution in [0.2, 0.25) is 0 Å². The summed E-state index contributed by atoms with van der Waals surface area (Å²) in [6.07, 6.45) is 5.95. The van der Waals surface area contributed by atoms with Gasteiger partial charge in [-0.1, -0.05) is 55.6 Å². The number of halogens is 1. The van der Waals surface area contributed by atoms with Gasteiger partial charge in [-0.05, 0) is 122 Å². The number of ether oxygens (including phenoxy) is 5. The zero-order chi connectivity index (χ0) is 36.4. The molecule has 0 unspecified atom stereocenters. The molecule has 0 saturated heterocycles. The van der Waals surface area contributed by atoms with E-state index in [1.165, 1.54) is 0 Å². The number of esters is 3.